The molecule has 0 spiro atoms. The van der Waals surface area contributed by atoms with E-state index in [2.05, 4.69) is 40.8 Å². The zero-order valence-electron chi connectivity index (χ0n) is 11.3. The predicted octanol–water partition coefficient (Wildman–Crippen LogP) is 1.83. The highest BCUT2D eigenvalue weighted by atomic mass is 79.9. The van der Waals surface area contributed by atoms with Crippen LogP contribution in [0.3, 0.4) is 0 Å². The standard InChI is InChI=1S/C13H15BrN6/c1-7-11(14)12(18-8(2)17-7)20-5-9(6-20)10-3-4-16-13(15)19-10/h3-4,9H,5-6H2,1-2H3,(H2,15,16,19). The quantitative estimate of drug-likeness (QED) is 0.902. The van der Waals surface area contributed by atoms with Gasteiger partial charge in [-0.15, -0.1) is 0 Å². The molecule has 1 aliphatic rings. The van der Waals surface area contributed by atoms with Crippen molar-refractivity contribution in [2.75, 3.05) is 23.7 Å². The van der Waals surface area contributed by atoms with E-state index in [0.29, 0.717) is 11.9 Å². The summed E-state index contributed by atoms with van der Waals surface area (Å²) in [6, 6.07) is 1.92. The zero-order valence-corrected chi connectivity index (χ0v) is 12.9. The van der Waals surface area contributed by atoms with Crippen LogP contribution in [-0.4, -0.2) is 33.0 Å². The van der Waals surface area contributed by atoms with Gasteiger partial charge in [-0.2, -0.15) is 0 Å². The first kappa shape index (κ1) is 13.2. The van der Waals surface area contributed by atoms with Gasteiger partial charge in [-0.3, -0.25) is 0 Å². The highest BCUT2D eigenvalue weighted by molar-refractivity contribution is 9.10. The van der Waals surface area contributed by atoms with Crippen LogP contribution in [0.2, 0.25) is 0 Å². The molecule has 1 fully saturated rings. The van der Waals surface area contributed by atoms with Gasteiger partial charge in [0.1, 0.15) is 11.6 Å². The predicted molar refractivity (Wildman–Crippen MR) is 80.6 cm³/mol. The Labute approximate surface area is 125 Å². The maximum absolute atomic E-state index is 5.62. The molecule has 0 aromatic carbocycles. The molecule has 2 N–H and O–H groups in total. The van der Waals surface area contributed by atoms with Crippen LogP contribution < -0.4 is 10.6 Å². The third-order valence-corrected chi connectivity index (χ3v) is 4.33. The Hall–Kier alpha value is -1.76. The monoisotopic (exact) mass is 334 g/mol. The molecule has 1 aliphatic heterocycles. The van der Waals surface area contributed by atoms with Crippen LogP contribution in [0, 0.1) is 13.8 Å². The van der Waals surface area contributed by atoms with Crippen molar-refractivity contribution in [2.45, 2.75) is 19.8 Å². The third-order valence-electron chi connectivity index (χ3n) is 3.41. The molecule has 0 atom stereocenters. The smallest absolute Gasteiger partial charge is 0.220 e. The molecule has 6 nitrogen and oxygen atoms in total. The minimum atomic E-state index is 0.329. The van der Waals surface area contributed by atoms with Crippen LogP contribution in [0.1, 0.15) is 23.1 Å². The lowest BCUT2D eigenvalue weighted by molar-refractivity contribution is 0.506. The first-order chi connectivity index (χ1) is 9.54. The minimum absolute atomic E-state index is 0.329. The van der Waals surface area contributed by atoms with Gasteiger partial charge in [0.15, 0.2) is 0 Å². The number of halogens is 1. The summed E-state index contributed by atoms with van der Waals surface area (Å²) in [6.45, 7) is 5.64. The fourth-order valence-corrected chi connectivity index (χ4v) is 2.77. The molecule has 0 saturated carbocycles. The molecule has 0 aliphatic carbocycles. The highest BCUT2D eigenvalue weighted by Crippen LogP contribution is 2.34. The summed E-state index contributed by atoms with van der Waals surface area (Å²) >= 11 is 3.57. The largest absolute Gasteiger partial charge is 0.368 e. The van der Waals surface area contributed by atoms with Crippen LogP contribution in [0.4, 0.5) is 11.8 Å². The van der Waals surface area contributed by atoms with Crippen molar-refractivity contribution in [3.63, 3.8) is 0 Å². The summed E-state index contributed by atoms with van der Waals surface area (Å²) in [7, 11) is 0. The van der Waals surface area contributed by atoms with Crippen molar-refractivity contribution in [3.05, 3.63) is 33.9 Å². The molecule has 2 aromatic heterocycles. The van der Waals surface area contributed by atoms with Gasteiger partial charge in [0.05, 0.1) is 15.9 Å². The Kier molecular flexibility index (Phi) is 3.29. The van der Waals surface area contributed by atoms with E-state index >= 15 is 0 Å². The Bertz CT molecular complexity index is 653. The van der Waals surface area contributed by atoms with Gasteiger partial charge in [0.2, 0.25) is 5.95 Å². The molecule has 20 heavy (non-hydrogen) atoms. The number of anilines is 2. The van der Waals surface area contributed by atoms with Gasteiger partial charge in [0, 0.05) is 25.2 Å². The molecule has 3 heterocycles. The van der Waals surface area contributed by atoms with Crippen LogP contribution >= 0.6 is 15.9 Å². The van der Waals surface area contributed by atoms with E-state index in [-0.39, 0.29) is 0 Å². The first-order valence-electron chi connectivity index (χ1n) is 6.38. The Morgan fingerprint density at radius 2 is 2.00 bits per heavy atom. The number of nitrogen functional groups attached to an aromatic ring is 1. The molecule has 0 radical (unpaired) electrons. The van der Waals surface area contributed by atoms with Crippen LogP contribution in [0.25, 0.3) is 0 Å². The molecule has 0 amide bonds. The molecule has 2 aromatic rings. The fourth-order valence-electron chi connectivity index (χ4n) is 2.34. The van der Waals surface area contributed by atoms with Crippen molar-refractivity contribution in [3.8, 4) is 0 Å². The number of aryl methyl sites for hydroxylation is 2. The second-order valence-corrected chi connectivity index (χ2v) is 5.73. The molecule has 0 unspecified atom stereocenters. The maximum Gasteiger partial charge on any atom is 0.220 e. The van der Waals surface area contributed by atoms with Crippen LogP contribution in [0.5, 0.6) is 0 Å². The Morgan fingerprint density at radius 3 is 2.70 bits per heavy atom. The van der Waals surface area contributed by atoms with Gasteiger partial charge >= 0.3 is 0 Å². The lowest BCUT2D eigenvalue weighted by Crippen LogP contribution is -2.46. The highest BCUT2D eigenvalue weighted by Gasteiger charge is 2.32. The van der Waals surface area contributed by atoms with E-state index in [1.165, 1.54) is 0 Å². The van der Waals surface area contributed by atoms with Gasteiger partial charge in [0.25, 0.3) is 0 Å². The SMILES string of the molecule is Cc1nc(C)c(Br)c(N2CC(c3ccnc(N)n3)C2)n1. The third kappa shape index (κ3) is 2.33. The lowest BCUT2D eigenvalue weighted by Gasteiger charge is -2.40. The summed E-state index contributed by atoms with van der Waals surface area (Å²) < 4.78 is 0.962. The number of nitrogens with zero attached hydrogens (tertiary/aromatic N) is 5. The van der Waals surface area contributed by atoms with Gasteiger partial charge in [-0.05, 0) is 35.8 Å². The zero-order chi connectivity index (χ0) is 14.3. The Morgan fingerprint density at radius 1 is 1.25 bits per heavy atom. The molecular formula is C13H15BrN6. The van der Waals surface area contributed by atoms with Crippen molar-refractivity contribution < 1.29 is 0 Å². The second kappa shape index (κ2) is 4.97. The van der Waals surface area contributed by atoms with Crippen molar-refractivity contribution in [1.82, 2.24) is 19.9 Å². The van der Waals surface area contributed by atoms with E-state index in [4.69, 9.17) is 5.73 Å². The van der Waals surface area contributed by atoms with Crippen LogP contribution in [0.15, 0.2) is 16.7 Å². The van der Waals surface area contributed by atoms with E-state index in [9.17, 15) is 0 Å². The molecule has 0 bridgehead atoms. The molecular weight excluding hydrogens is 320 g/mol. The number of aromatic nitrogens is 4. The maximum atomic E-state index is 5.62. The molecule has 7 heteroatoms. The second-order valence-electron chi connectivity index (χ2n) is 4.94. The van der Waals surface area contributed by atoms with E-state index in [1.807, 2.05) is 19.9 Å². The number of hydrogen-bond acceptors (Lipinski definition) is 6. The molecule has 1 saturated heterocycles. The van der Waals surface area contributed by atoms with Crippen molar-refractivity contribution >= 4 is 27.7 Å². The Balaban J connectivity index is 1.78. The minimum Gasteiger partial charge on any atom is -0.368 e. The number of nitrogens with two attached hydrogens (primary N) is 1. The summed E-state index contributed by atoms with van der Waals surface area (Å²) in [6.07, 6.45) is 1.70. The summed E-state index contributed by atoms with van der Waals surface area (Å²) in [4.78, 5) is 19.3. The van der Waals surface area contributed by atoms with E-state index < -0.39 is 0 Å². The van der Waals surface area contributed by atoms with Crippen molar-refractivity contribution in [1.29, 1.82) is 0 Å². The molecule has 104 valence electrons. The fraction of sp³-hybridized carbons (Fsp3) is 0.385. The summed E-state index contributed by atoms with van der Waals surface area (Å²) in [5.74, 6) is 2.45. The van der Waals surface area contributed by atoms with E-state index in [0.717, 1.165) is 40.6 Å². The normalized spacial score (nSPS) is 15.2. The topological polar surface area (TPSA) is 80.8 Å². The molecule has 3 rings (SSSR count). The number of rotatable bonds is 2. The average Bonchev–Trinajstić information content (AvgIpc) is 2.33. The summed E-state index contributed by atoms with van der Waals surface area (Å²) in [5, 5.41) is 0. The van der Waals surface area contributed by atoms with Gasteiger partial charge in [-0.1, -0.05) is 0 Å². The van der Waals surface area contributed by atoms with Crippen molar-refractivity contribution in [2.24, 2.45) is 0 Å². The van der Waals surface area contributed by atoms with Crippen LogP contribution in [-0.2, 0) is 0 Å². The average molecular weight is 335 g/mol. The lowest BCUT2D eigenvalue weighted by atomic mass is 9.96. The van der Waals surface area contributed by atoms with Gasteiger partial charge in [-0.25, -0.2) is 19.9 Å². The van der Waals surface area contributed by atoms with E-state index in [1.54, 1.807) is 6.20 Å². The first-order valence-corrected chi connectivity index (χ1v) is 7.18. The summed E-state index contributed by atoms with van der Waals surface area (Å²) in [5.41, 5.74) is 7.57. The van der Waals surface area contributed by atoms with Gasteiger partial charge < -0.3 is 10.6 Å². The number of hydrogen-bond donors (Lipinski definition) is 1.